The fraction of sp³-hybridized carbons (Fsp3) is 0.647. The number of piperidine rings is 2. The van der Waals surface area contributed by atoms with Gasteiger partial charge in [0.1, 0.15) is 0 Å². The van der Waals surface area contributed by atoms with Crippen LogP contribution in [0.3, 0.4) is 0 Å². The van der Waals surface area contributed by atoms with E-state index in [0.717, 1.165) is 11.8 Å². The molecule has 0 amide bonds. The normalized spacial score (nSPS) is 34.2. The van der Waals surface area contributed by atoms with Crippen molar-refractivity contribution in [3.8, 4) is 0 Å². The largest absolute Gasteiger partial charge is 0.316 e. The van der Waals surface area contributed by atoms with Crippen molar-refractivity contribution >= 4 is 0 Å². The molecule has 1 aliphatic carbocycles. The molecule has 2 bridgehead atoms. The Morgan fingerprint density at radius 2 is 2.00 bits per heavy atom. The zero-order valence-corrected chi connectivity index (χ0v) is 11.6. The number of hydrogen-bond acceptors (Lipinski definition) is 2. The summed E-state index contributed by atoms with van der Waals surface area (Å²) in [6, 6.07) is 9.89. The second-order valence-electron chi connectivity index (χ2n) is 6.59. The molecule has 0 radical (unpaired) electrons. The molecule has 3 heterocycles. The summed E-state index contributed by atoms with van der Waals surface area (Å²) >= 11 is 0. The molecule has 0 aromatic heterocycles. The Labute approximate surface area is 116 Å². The average molecular weight is 256 g/mol. The number of rotatable bonds is 2. The van der Waals surface area contributed by atoms with Crippen LogP contribution in [-0.4, -0.2) is 31.1 Å². The molecule has 19 heavy (non-hydrogen) atoms. The molecule has 5 rings (SSSR count). The van der Waals surface area contributed by atoms with Gasteiger partial charge in [0, 0.05) is 19.1 Å². The highest BCUT2D eigenvalue weighted by Crippen LogP contribution is 2.46. The monoisotopic (exact) mass is 256 g/mol. The summed E-state index contributed by atoms with van der Waals surface area (Å²) in [6.45, 7) is 5.07. The Morgan fingerprint density at radius 3 is 2.84 bits per heavy atom. The number of nitrogens with zero attached hydrogens (tertiary/aromatic N) is 1. The van der Waals surface area contributed by atoms with Crippen molar-refractivity contribution in [3.05, 3.63) is 35.4 Å². The molecule has 4 aliphatic rings. The van der Waals surface area contributed by atoms with E-state index in [2.05, 4.69) is 34.5 Å². The van der Waals surface area contributed by atoms with Gasteiger partial charge < -0.3 is 5.32 Å². The van der Waals surface area contributed by atoms with E-state index in [0.29, 0.717) is 6.04 Å². The van der Waals surface area contributed by atoms with E-state index in [4.69, 9.17) is 0 Å². The Morgan fingerprint density at radius 1 is 1.11 bits per heavy atom. The van der Waals surface area contributed by atoms with Crippen LogP contribution >= 0.6 is 0 Å². The summed E-state index contributed by atoms with van der Waals surface area (Å²) in [4.78, 5) is 2.79. The predicted octanol–water partition coefficient (Wildman–Crippen LogP) is 2.92. The molecule has 0 spiro atoms. The lowest BCUT2D eigenvalue weighted by atomic mass is 9.74. The van der Waals surface area contributed by atoms with Crippen molar-refractivity contribution in [2.24, 2.45) is 5.92 Å². The van der Waals surface area contributed by atoms with Gasteiger partial charge in [-0.1, -0.05) is 24.3 Å². The highest BCUT2D eigenvalue weighted by Gasteiger charge is 2.38. The molecular formula is C17H24N2. The maximum atomic E-state index is 3.56. The number of nitrogens with one attached hydrogen (secondary N) is 1. The van der Waals surface area contributed by atoms with Crippen molar-refractivity contribution in [1.29, 1.82) is 0 Å². The maximum absolute atomic E-state index is 3.56. The van der Waals surface area contributed by atoms with Crippen LogP contribution < -0.4 is 5.32 Å². The molecule has 102 valence electrons. The lowest BCUT2D eigenvalue weighted by molar-refractivity contribution is 0.0875. The van der Waals surface area contributed by atoms with E-state index in [-0.39, 0.29) is 0 Å². The Bertz CT molecular complexity index is 450. The third kappa shape index (κ3) is 2.11. The molecule has 1 unspecified atom stereocenters. The summed E-state index contributed by atoms with van der Waals surface area (Å²) in [5, 5.41) is 3.56. The molecule has 1 N–H and O–H groups in total. The molecule has 2 saturated heterocycles. The molecule has 2 heteroatoms. The van der Waals surface area contributed by atoms with Crippen molar-refractivity contribution < 1.29 is 0 Å². The highest BCUT2D eigenvalue weighted by molar-refractivity contribution is 5.38. The molecule has 3 aliphatic heterocycles. The Balaban J connectivity index is 1.54. The van der Waals surface area contributed by atoms with Gasteiger partial charge in [-0.3, -0.25) is 4.90 Å². The second-order valence-corrected chi connectivity index (χ2v) is 6.59. The Kier molecular flexibility index (Phi) is 3.08. The SMILES string of the molecule is c1ccc2c(c1)[C@@H]1CC[C@@H]2N(CC2CCCNC2)C1. The summed E-state index contributed by atoms with van der Waals surface area (Å²) in [5.74, 6) is 1.68. The molecule has 0 saturated carbocycles. The van der Waals surface area contributed by atoms with Crippen LogP contribution in [0.25, 0.3) is 0 Å². The molecule has 2 fully saturated rings. The van der Waals surface area contributed by atoms with Crippen molar-refractivity contribution in [2.75, 3.05) is 26.2 Å². The van der Waals surface area contributed by atoms with Gasteiger partial charge in [0.2, 0.25) is 0 Å². The summed E-state index contributed by atoms with van der Waals surface area (Å²) < 4.78 is 0. The lowest BCUT2D eigenvalue weighted by Gasteiger charge is -2.48. The van der Waals surface area contributed by atoms with Crippen LogP contribution in [0, 0.1) is 5.92 Å². The first-order valence-corrected chi connectivity index (χ1v) is 7.95. The minimum atomic E-state index is 0.711. The van der Waals surface area contributed by atoms with Crippen molar-refractivity contribution in [1.82, 2.24) is 10.2 Å². The molecule has 3 atom stereocenters. The fourth-order valence-corrected chi connectivity index (χ4v) is 4.45. The van der Waals surface area contributed by atoms with Gasteiger partial charge in [-0.15, -0.1) is 0 Å². The Hall–Kier alpha value is -0.860. The van der Waals surface area contributed by atoms with Crippen LogP contribution in [0.15, 0.2) is 24.3 Å². The molecule has 2 nitrogen and oxygen atoms in total. The average Bonchev–Trinajstić information content (AvgIpc) is 2.49. The summed E-state index contributed by atoms with van der Waals surface area (Å²) in [7, 11) is 0. The third-order valence-electron chi connectivity index (χ3n) is 5.37. The number of fused-ring (bicyclic) bond motifs is 2. The summed E-state index contributed by atoms with van der Waals surface area (Å²) in [6.07, 6.45) is 5.56. The molecule has 1 aromatic carbocycles. The standard InChI is InChI=1S/C17H24N2/c1-2-6-16-15(5-1)14-7-8-17(16)19(12-14)11-13-4-3-9-18-10-13/h1-2,5-6,13-14,17-18H,3-4,7-12H2/t13?,14-,17+/m1/s1. The minimum absolute atomic E-state index is 0.711. The fourth-order valence-electron chi connectivity index (χ4n) is 4.45. The second kappa shape index (κ2) is 4.92. The van der Waals surface area contributed by atoms with Crippen LogP contribution in [0.4, 0.5) is 0 Å². The van der Waals surface area contributed by atoms with Gasteiger partial charge in [0.15, 0.2) is 0 Å². The van der Waals surface area contributed by atoms with Gasteiger partial charge in [-0.2, -0.15) is 0 Å². The topological polar surface area (TPSA) is 15.3 Å². The van der Waals surface area contributed by atoms with Gasteiger partial charge >= 0.3 is 0 Å². The minimum Gasteiger partial charge on any atom is -0.316 e. The molecular weight excluding hydrogens is 232 g/mol. The van der Waals surface area contributed by atoms with Gasteiger partial charge in [-0.05, 0) is 61.7 Å². The van der Waals surface area contributed by atoms with Crippen LogP contribution in [-0.2, 0) is 0 Å². The summed E-state index contributed by atoms with van der Waals surface area (Å²) in [5.41, 5.74) is 3.28. The first-order chi connectivity index (χ1) is 9.42. The predicted molar refractivity (Wildman–Crippen MR) is 78.3 cm³/mol. The highest BCUT2D eigenvalue weighted by atomic mass is 15.2. The van der Waals surface area contributed by atoms with E-state index < -0.39 is 0 Å². The van der Waals surface area contributed by atoms with Crippen molar-refractivity contribution in [3.63, 3.8) is 0 Å². The first-order valence-electron chi connectivity index (χ1n) is 7.95. The van der Waals surface area contributed by atoms with E-state index in [1.807, 2.05) is 0 Å². The van der Waals surface area contributed by atoms with Gasteiger partial charge in [-0.25, -0.2) is 0 Å². The van der Waals surface area contributed by atoms with Gasteiger partial charge in [0.25, 0.3) is 0 Å². The van der Waals surface area contributed by atoms with Crippen LogP contribution in [0.2, 0.25) is 0 Å². The smallest absolute Gasteiger partial charge is 0.0351 e. The van der Waals surface area contributed by atoms with Crippen molar-refractivity contribution in [2.45, 2.75) is 37.6 Å². The van der Waals surface area contributed by atoms with E-state index >= 15 is 0 Å². The van der Waals surface area contributed by atoms with Crippen LogP contribution in [0.1, 0.15) is 48.8 Å². The van der Waals surface area contributed by atoms with E-state index in [9.17, 15) is 0 Å². The number of benzene rings is 1. The third-order valence-corrected chi connectivity index (χ3v) is 5.37. The van der Waals surface area contributed by atoms with Crippen LogP contribution in [0.5, 0.6) is 0 Å². The quantitative estimate of drug-likeness (QED) is 0.875. The van der Waals surface area contributed by atoms with E-state index in [1.165, 1.54) is 51.9 Å². The maximum Gasteiger partial charge on any atom is 0.0351 e. The number of hydrogen-bond donors (Lipinski definition) is 1. The zero-order chi connectivity index (χ0) is 12.7. The zero-order valence-electron chi connectivity index (χ0n) is 11.6. The van der Waals surface area contributed by atoms with Gasteiger partial charge in [0.05, 0.1) is 0 Å². The molecule has 1 aromatic rings. The first kappa shape index (κ1) is 11.9. The lowest BCUT2D eigenvalue weighted by Crippen LogP contribution is -2.46. The van der Waals surface area contributed by atoms with E-state index in [1.54, 1.807) is 11.1 Å².